The molecule has 1 aliphatic heterocycles. The van der Waals surface area contributed by atoms with Gasteiger partial charge in [0.15, 0.2) is 0 Å². The van der Waals surface area contributed by atoms with Gasteiger partial charge in [0.2, 0.25) is 5.91 Å². The van der Waals surface area contributed by atoms with Crippen LogP contribution in [0.3, 0.4) is 0 Å². The van der Waals surface area contributed by atoms with Crippen molar-refractivity contribution in [3.05, 3.63) is 0 Å². The summed E-state index contributed by atoms with van der Waals surface area (Å²) in [4.78, 5) is 17.1. The third kappa shape index (κ3) is 14.8. The average Bonchev–Trinajstić information content (AvgIpc) is 2.88. The molecule has 0 spiro atoms. The Bertz CT molecular complexity index is 537. The van der Waals surface area contributed by atoms with E-state index in [2.05, 4.69) is 35.9 Å². The molecule has 0 bridgehead atoms. The molecule has 0 aromatic carbocycles. The molecular weight excluding hydrogens is 458 g/mol. The molecule has 1 saturated carbocycles. The minimum absolute atomic E-state index is 0.0575. The van der Waals surface area contributed by atoms with Crippen molar-refractivity contribution in [2.45, 2.75) is 84.2 Å². The summed E-state index contributed by atoms with van der Waals surface area (Å²) in [6.07, 6.45) is 9.31. The van der Waals surface area contributed by atoms with E-state index in [0.717, 1.165) is 44.4 Å². The van der Waals surface area contributed by atoms with E-state index in [9.17, 15) is 4.79 Å². The topological polar surface area (TPSA) is 72.5 Å². The minimum Gasteiger partial charge on any atom is -0.379 e. The van der Waals surface area contributed by atoms with Gasteiger partial charge in [-0.25, -0.2) is 0 Å². The van der Waals surface area contributed by atoms with Crippen LogP contribution in [0.15, 0.2) is 0 Å². The Balaban J connectivity index is 1.28. The summed E-state index contributed by atoms with van der Waals surface area (Å²) in [7, 11) is 0. The van der Waals surface area contributed by atoms with Gasteiger partial charge in [0.1, 0.15) is 0 Å². The van der Waals surface area contributed by atoms with Crippen LogP contribution in [0.2, 0.25) is 0 Å². The quantitative estimate of drug-likeness (QED) is 0.250. The van der Waals surface area contributed by atoms with Crippen LogP contribution in [0.5, 0.6) is 0 Å². The standard InChI is InChI=1S/C28H55N3O5/c1-4-5-6-26(3)29-28(32)11-17-33-19-21-35-23-24-36-22-20-34-18-16-30-12-14-31(15-13-30)27-9-7-25(2)8-10-27/h25-27H,4-24H2,1-3H3,(H,29,32)/t25?,26-,27?/m1/s1. The lowest BCUT2D eigenvalue weighted by molar-refractivity contribution is -0.123. The zero-order valence-electron chi connectivity index (χ0n) is 23.5. The van der Waals surface area contributed by atoms with Crippen molar-refractivity contribution in [3.8, 4) is 0 Å². The molecule has 0 radical (unpaired) electrons. The summed E-state index contributed by atoms with van der Waals surface area (Å²) >= 11 is 0. The van der Waals surface area contributed by atoms with Crippen molar-refractivity contribution in [2.75, 3.05) is 85.6 Å². The molecule has 1 amide bonds. The molecule has 2 fully saturated rings. The molecular formula is C28H55N3O5. The van der Waals surface area contributed by atoms with Gasteiger partial charge in [-0.15, -0.1) is 0 Å². The van der Waals surface area contributed by atoms with Crippen LogP contribution in [0.4, 0.5) is 0 Å². The minimum atomic E-state index is 0.0575. The van der Waals surface area contributed by atoms with Crippen LogP contribution in [0.25, 0.3) is 0 Å². The number of rotatable bonds is 20. The predicted molar refractivity (Wildman–Crippen MR) is 144 cm³/mol. The number of piperazine rings is 1. The maximum Gasteiger partial charge on any atom is 0.222 e. The second-order valence-corrected chi connectivity index (χ2v) is 10.6. The van der Waals surface area contributed by atoms with E-state index < -0.39 is 0 Å². The Labute approximate surface area is 220 Å². The molecule has 36 heavy (non-hydrogen) atoms. The van der Waals surface area contributed by atoms with Gasteiger partial charge in [-0.1, -0.05) is 26.7 Å². The molecule has 2 aliphatic rings. The molecule has 8 nitrogen and oxygen atoms in total. The highest BCUT2D eigenvalue weighted by molar-refractivity contribution is 5.76. The summed E-state index contributed by atoms with van der Waals surface area (Å²) in [6.45, 7) is 16.9. The Morgan fingerprint density at radius 3 is 1.97 bits per heavy atom. The highest BCUT2D eigenvalue weighted by Gasteiger charge is 2.26. The zero-order valence-corrected chi connectivity index (χ0v) is 23.5. The summed E-state index contributed by atoms with van der Waals surface area (Å²) in [6, 6.07) is 1.07. The zero-order chi connectivity index (χ0) is 25.8. The van der Waals surface area contributed by atoms with Crippen molar-refractivity contribution in [2.24, 2.45) is 5.92 Å². The van der Waals surface area contributed by atoms with Gasteiger partial charge in [-0.3, -0.25) is 14.6 Å². The van der Waals surface area contributed by atoms with Crippen LogP contribution >= 0.6 is 0 Å². The fourth-order valence-electron chi connectivity index (χ4n) is 5.01. The summed E-state index contributed by atoms with van der Waals surface area (Å²) in [5.41, 5.74) is 0. The van der Waals surface area contributed by atoms with Crippen molar-refractivity contribution >= 4 is 5.91 Å². The average molecular weight is 514 g/mol. The summed E-state index contributed by atoms with van der Waals surface area (Å²) < 4.78 is 22.3. The molecule has 1 aliphatic carbocycles. The molecule has 0 aromatic rings. The molecule has 0 unspecified atom stereocenters. The van der Waals surface area contributed by atoms with Crippen LogP contribution in [0.1, 0.15) is 72.1 Å². The summed E-state index contributed by atoms with van der Waals surface area (Å²) in [5, 5.41) is 3.01. The SMILES string of the molecule is CCCC[C@@H](C)NC(=O)CCOCCOCCOCCOCCN1CCN(C2CCC(C)CC2)CC1. The van der Waals surface area contributed by atoms with Gasteiger partial charge in [0.25, 0.3) is 0 Å². The fraction of sp³-hybridized carbons (Fsp3) is 0.964. The molecule has 8 heteroatoms. The Kier molecular flexibility index (Phi) is 17.7. The van der Waals surface area contributed by atoms with E-state index in [1.54, 1.807) is 0 Å². The maximum atomic E-state index is 11.8. The van der Waals surface area contributed by atoms with Crippen LogP contribution in [-0.2, 0) is 23.7 Å². The van der Waals surface area contributed by atoms with E-state index in [-0.39, 0.29) is 11.9 Å². The van der Waals surface area contributed by atoms with Crippen LogP contribution < -0.4 is 5.32 Å². The third-order valence-corrected chi connectivity index (χ3v) is 7.45. The van der Waals surface area contributed by atoms with Gasteiger partial charge in [-0.2, -0.15) is 0 Å². The molecule has 1 N–H and O–H groups in total. The molecule has 1 saturated heterocycles. The van der Waals surface area contributed by atoms with Gasteiger partial charge in [-0.05, 0) is 44.9 Å². The third-order valence-electron chi connectivity index (χ3n) is 7.45. The Morgan fingerprint density at radius 1 is 0.833 bits per heavy atom. The molecule has 2 rings (SSSR count). The second-order valence-electron chi connectivity index (χ2n) is 10.6. The predicted octanol–water partition coefficient (Wildman–Crippen LogP) is 3.33. The lowest BCUT2D eigenvalue weighted by Crippen LogP contribution is -2.51. The number of ether oxygens (including phenoxy) is 4. The first kappa shape index (κ1) is 31.4. The van der Waals surface area contributed by atoms with Crippen molar-refractivity contribution in [3.63, 3.8) is 0 Å². The summed E-state index contributed by atoms with van der Waals surface area (Å²) in [5.74, 6) is 0.985. The molecule has 1 atom stereocenters. The normalized spacial score (nSPS) is 22.5. The van der Waals surface area contributed by atoms with Crippen LogP contribution in [0, 0.1) is 5.92 Å². The molecule has 212 valence electrons. The number of nitrogens with zero attached hydrogens (tertiary/aromatic N) is 2. The number of nitrogens with one attached hydrogen (secondary N) is 1. The number of amides is 1. The van der Waals surface area contributed by atoms with E-state index in [4.69, 9.17) is 18.9 Å². The Morgan fingerprint density at radius 2 is 1.39 bits per heavy atom. The Hall–Kier alpha value is -0.770. The highest BCUT2D eigenvalue weighted by Crippen LogP contribution is 2.27. The van der Waals surface area contributed by atoms with Gasteiger partial charge in [0, 0.05) is 51.2 Å². The number of carbonyl (C=O) groups is 1. The first-order valence-corrected chi connectivity index (χ1v) is 14.6. The van der Waals surface area contributed by atoms with E-state index in [0.29, 0.717) is 52.7 Å². The van der Waals surface area contributed by atoms with Crippen LogP contribution in [-0.4, -0.2) is 113 Å². The van der Waals surface area contributed by atoms with E-state index >= 15 is 0 Å². The van der Waals surface area contributed by atoms with E-state index in [1.165, 1.54) is 51.9 Å². The highest BCUT2D eigenvalue weighted by atomic mass is 16.6. The fourth-order valence-corrected chi connectivity index (χ4v) is 5.01. The monoisotopic (exact) mass is 513 g/mol. The van der Waals surface area contributed by atoms with Crippen molar-refractivity contribution in [1.29, 1.82) is 0 Å². The maximum absolute atomic E-state index is 11.8. The van der Waals surface area contributed by atoms with E-state index in [1.807, 2.05) is 0 Å². The van der Waals surface area contributed by atoms with Gasteiger partial charge in [0.05, 0.1) is 52.9 Å². The number of hydrogen-bond donors (Lipinski definition) is 1. The van der Waals surface area contributed by atoms with Crippen molar-refractivity contribution < 1.29 is 23.7 Å². The first-order valence-electron chi connectivity index (χ1n) is 14.6. The lowest BCUT2D eigenvalue weighted by atomic mass is 9.86. The second kappa shape index (κ2) is 20.2. The molecule has 0 aromatic heterocycles. The number of carbonyl (C=O) groups excluding carboxylic acids is 1. The first-order chi connectivity index (χ1) is 17.6. The smallest absolute Gasteiger partial charge is 0.222 e. The number of unbranched alkanes of at least 4 members (excludes halogenated alkanes) is 1. The largest absolute Gasteiger partial charge is 0.379 e. The lowest BCUT2D eigenvalue weighted by Gasteiger charge is -2.41. The number of hydrogen-bond acceptors (Lipinski definition) is 7. The van der Waals surface area contributed by atoms with Gasteiger partial charge < -0.3 is 24.3 Å². The van der Waals surface area contributed by atoms with Gasteiger partial charge >= 0.3 is 0 Å². The molecule has 1 heterocycles. The van der Waals surface area contributed by atoms with Crippen molar-refractivity contribution in [1.82, 2.24) is 15.1 Å².